The molecule has 0 aromatic rings. The first-order valence-corrected chi connectivity index (χ1v) is 5.01. The molecule has 1 aliphatic carbocycles. The number of hydrogen-bond donors (Lipinski definition) is 1. The third-order valence-electron chi connectivity index (χ3n) is 2.78. The van der Waals surface area contributed by atoms with Gasteiger partial charge in [0.1, 0.15) is 0 Å². The van der Waals surface area contributed by atoms with Crippen LogP contribution in [0.1, 0.15) is 39.5 Å². The monoisotopic (exact) mass is 185 g/mol. The van der Waals surface area contributed by atoms with Crippen LogP contribution in [0.15, 0.2) is 0 Å². The summed E-state index contributed by atoms with van der Waals surface area (Å²) in [5.74, 6) is -0.0786. The fourth-order valence-corrected chi connectivity index (χ4v) is 2.03. The minimum Gasteiger partial charge on any atom is -0.466 e. The van der Waals surface area contributed by atoms with Crippen LogP contribution in [0.4, 0.5) is 0 Å². The van der Waals surface area contributed by atoms with Crippen LogP contribution in [0.5, 0.6) is 0 Å². The quantitative estimate of drug-likeness (QED) is 0.662. The molecule has 0 heterocycles. The van der Waals surface area contributed by atoms with Gasteiger partial charge in [0.05, 0.1) is 12.0 Å². The molecule has 0 aromatic carbocycles. The topological polar surface area (TPSA) is 52.3 Å². The smallest absolute Gasteiger partial charge is 0.311 e. The Morgan fingerprint density at radius 1 is 1.69 bits per heavy atom. The maximum Gasteiger partial charge on any atom is 0.311 e. The van der Waals surface area contributed by atoms with Crippen LogP contribution >= 0.6 is 0 Å². The predicted molar refractivity (Wildman–Crippen MR) is 51.2 cm³/mol. The summed E-state index contributed by atoms with van der Waals surface area (Å²) in [6.45, 7) is 4.26. The number of rotatable bonds is 2. The van der Waals surface area contributed by atoms with E-state index in [-0.39, 0.29) is 17.4 Å². The molecule has 0 spiro atoms. The standard InChI is InChI=1S/C10H19NO2/c1-3-13-9(12)10(2)6-4-5-8(11)7-10/h8H,3-7,11H2,1-2H3. The molecular weight excluding hydrogens is 166 g/mol. The number of esters is 1. The Morgan fingerprint density at radius 2 is 2.38 bits per heavy atom. The first-order chi connectivity index (χ1) is 6.08. The largest absolute Gasteiger partial charge is 0.466 e. The lowest BCUT2D eigenvalue weighted by Crippen LogP contribution is -2.40. The van der Waals surface area contributed by atoms with Crippen LogP contribution in [0.2, 0.25) is 0 Å². The van der Waals surface area contributed by atoms with Crippen molar-refractivity contribution < 1.29 is 9.53 Å². The van der Waals surface area contributed by atoms with Crippen molar-refractivity contribution >= 4 is 5.97 Å². The third-order valence-corrected chi connectivity index (χ3v) is 2.78. The number of hydrogen-bond acceptors (Lipinski definition) is 3. The number of nitrogens with two attached hydrogens (primary N) is 1. The lowest BCUT2D eigenvalue weighted by Gasteiger charge is -2.34. The lowest BCUT2D eigenvalue weighted by atomic mass is 9.74. The average molecular weight is 185 g/mol. The highest BCUT2D eigenvalue weighted by atomic mass is 16.5. The molecule has 2 unspecified atom stereocenters. The van der Waals surface area contributed by atoms with Gasteiger partial charge in [-0.15, -0.1) is 0 Å². The Morgan fingerprint density at radius 3 is 2.92 bits per heavy atom. The summed E-state index contributed by atoms with van der Waals surface area (Å²) in [4.78, 5) is 11.6. The van der Waals surface area contributed by atoms with Gasteiger partial charge in [-0.1, -0.05) is 6.42 Å². The van der Waals surface area contributed by atoms with Gasteiger partial charge in [0.2, 0.25) is 0 Å². The molecule has 1 rings (SSSR count). The summed E-state index contributed by atoms with van der Waals surface area (Å²) in [7, 11) is 0. The van der Waals surface area contributed by atoms with E-state index in [0.717, 1.165) is 25.7 Å². The first-order valence-electron chi connectivity index (χ1n) is 5.01. The molecular formula is C10H19NO2. The maximum absolute atomic E-state index is 11.6. The third kappa shape index (κ3) is 2.44. The van der Waals surface area contributed by atoms with Gasteiger partial charge >= 0.3 is 5.97 Å². The van der Waals surface area contributed by atoms with Crippen LogP contribution in [0.25, 0.3) is 0 Å². The van der Waals surface area contributed by atoms with E-state index in [9.17, 15) is 4.79 Å². The van der Waals surface area contributed by atoms with Crippen LogP contribution in [-0.4, -0.2) is 18.6 Å². The molecule has 13 heavy (non-hydrogen) atoms. The molecule has 76 valence electrons. The van der Waals surface area contributed by atoms with E-state index < -0.39 is 0 Å². The van der Waals surface area contributed by atoms with Crippen LogP contribution in [-0.2, 0) is 9.53 Å². The van der Waals surface area contributed by atoms with E-state index >= 15 is 0 Å². The highest BCUT2D eigenvalue weighted by Gasteiger charge is 2.38. The second-order valence-electron chi connectivity index (χ2n) is 4.14. The molecule has 0 amide bonds. The highest BCUT2D eigenvalue weighted by Crippen LogP contribution is 2.36. The Labute approximate surface area is 79.6 Å². The van der Waals surface area contributed by atoms with Gasteiger partial charge in [-0.2, -0.15) is 0 Å². The highest BCUT2D eigenvalue weighted by molar-refractivity contribution is 5.76. The fourth-order valence-electron chi connectivity index (χ4n) is 2.03. The summed E-state index contributed by atoms with van der Waals surface area (Å²) < 4.78 is 5.04. The predicted octanol–water partition coefficient (Wildman–Crippen LogP) is 1.46. The van der Waals surface area contributed by atoms with Crippen molar-refractivity contribution in [3.8, 4) is 0 Å². The molecule has 2 N–H and O–H groups in total. The second kappa shape index (κ2) is 4.09. The van der Waals surface area contributed by atoms with Gasteiger partial charge in [-0.3, -0.25) is 4.79 Å². The fraction of sp³-hybridized carbons (Fsp3) is 0.900. The Bertz CT molecular complexity index is 193. The minimum absolute atomic E-state index is 0.0786. The molecule has 3 heteroatoms. The van der Waals surface area contributed by atoms with Gasteiger partial charge in [-0.05, 0) is 33.1 Å². The molecule has 0 bridgehead atoms. The molecule has 0 saturated heterocycles. The zero-order valence-electron chi connectivity index (χ0n) is 8.51. The number of carbonyl (C=O) groups excluding carboxylic acids is 1. The summed E-state index contributed by atoms with van der Waals surface area (Å²) in [5.41, 5.74) is 5.51. The van der Waals surface area contributed by atoms with Crippen molar-refractivity contribution in [3.05, 3.63) is 0 Å². The number of ether oxygens (including phenoxy) is 1. The molecule has 0 radical (unpaired) electrons. The van der Waals surface area contributed by atoms with Crippen molar-refractivity contribution in [1.29, 1.82) is 0 Å². The van der Waals surface area contributed by atoms with Gasteiger partial charge in [0.15, 0.2) is 0 Å². The Hall–Kier alpha value is -0.570. The van der Waals surface area contributed by atoms with Crippen LogP contribution in [0.3, 0.4) is 0 Å². The zero-order chi connectivity index (χ0) is 9.90. The molecule has 1 aliphatic rings. The molecule has 0 aliphatic heterocycles. The zero-order valence-corrected chi connectivity index (χ0v) is 8.51. The molecule has 1 fully saturated rings. The van der Waals surface area contributed by atoms with Gasteiger partial charge in [-0.25, -0.2) is 0 Å². The summed E-state index contributed by atoms with van der Waals surface area (Å²) >= 11 is 0. The van der Waals surface area contributed by atoms with E-state index in [4.69, 9.17) is 10.5 Å². The van der Waals surface area contributed by atoms with E-state index in [1.807, 2.05) is 13.8 Å². The SMILES string of the molecule is CCOC(=O)C1(C)CCCC(N)C1. The first kappa shape index (κ1) is 10.5. The van der Waals surface area contributed by atoms with Gasteiger partial charge in [0.25, 0.3) is 0 Å². The summed E-state index contributed by atoms with van der Waals surface area (Å²) in [5, 5.41) is 0. The molecule has 0 aromatic heterocycles. The molecule has 3 nitrogen and oxygen atoms in total. The van der Waals surface area contributed by atoms with E-state index in [2.05, 4.69) is 0 Å². The molecule has 1 saturated carbocycles. The Balaban J connectivity index is 2.57. The second-order valence-corrected chi connectivity index (χ2v) is 4.14. The Kier molecular flexibility index (Phi) is 3.31. The normalized spacial score (nSPS) is 34.2. The van der Waals surface area contributed by atoms with E-state index in [1.165, 1.54) is 0 Å². The van der Waals surface area contributed by atoms with Crippen molar-refractivity contribution in [1.82, 2.24) is 0 Å². The van der Waals surface area contributed by atoms with Gasteiger partial charge < -0.3 is 10.5 Å². The summed E-state index contributed by atoms with van der Waals surface area (Å²) in [6, 6.07) is 0.170. The van der Waals surface area contributed by atoms with Crippen molar-refractivity contribution in [2.24, 2.45) is 11.1 Å². The lowest BCUT2D eigenvalue weighted by molar-refractivity contribution is -0.156. The molecule has 2 atom stereocenters. The van der Waals surface area contributed by atoms with Gasteiger partial charge in [0, 0.05) is 6.04 Å². The number of carbonyl (C=O) groups is 1. The van der Waals surface area contributed by atoms with E-state index in [0.29, 0.717) is 6.61 Å². The van der Waals surface area contributed by atoms with Crippen molar-refractivity contribution in [2.75, 3.05) is 6.61 Å². The van der Waals surface area contributed by atoms with Crippen molar-refractivity contribution in [3.63, 3.8) is 0 Å². The van der Waals surface area contributed by atoms with Crippen LogP contribution in [0, 0.1) is 5.41 Å². The maximum atomic E-state index is 11.6. The average Bonchev–Trinajstić information content (AvgIpc) is 2.04. The van der Waals surface area contributed by atoms with Crippen molar-refractivity contribution in [2.45, 2.75) is 45.6 Å². The summed E-state index contributed by atoms with van der Waals surface area (Å²) in [6.07, 6.45) is 3.76. The van der Waals surface area contributed by atoms with Crippen LogP contribution < -0.4 is 5.73 Å². The minimum atomic E-state index is -0.326. The van der Waals surface area contributed by atoms with E-state index in [1.54, 1.807) is 0 Å².